The zero-order chi connectivity index (χ0) is 17.6. The quantitative estimate of drug-likeness (QED) is 0.394. The van der Waals surface area contributed by atoms with E-state index in [9.17, 15) is 31.5 Å². The van der Waals surface area contributed by atoms with Crippen molar-refractivity contribution in [2.24, 2.45) is 0 Å². The van der Waals surface area contributed by atoms with Crippen LogP contribution in [0.4, 0.5) is 32.4 Å². The maximum atomic E-state index is 14.0. The molecule has 2 aromatic rings. The second-order valence-corrected chi connectivity index (χ2v) is 4.89. The Balaban J connectivity index is 2.24. The predicted octanol–water partition coefficient (Wildman–Crippen LogP) is 3.18. The number of imide groups is 1. The molecule has 1 unspecified atom stereocenters. The number of carbonyl (C=O) groups is 2. The molecule has 9 heteroatoms. The van der Waals surface area contributed by atoms with Gasteiger partial charge in [-0.05, 0) is 12.1 Å². The van der Waals surface area contributed by atoms with E-state index >= 15 is 0 Å². The Morgan fingerprint density at radius 2 is 1.29 bits per heavy atom. The summed E-state index contributed by atoms with van der Waals surface area (Å²) in [5.74, 6) is -12.3. The smallest absolute Gasteiger partial charge is 0.277 e. The maximum absolute atomic E-state index is 14.0. The van der Waals surface area contributed by atoms with Crippen LogP contribution >= 0.6 is 0 Å². The van der Waals surface area contributed by atoms with Crippen molar-refractivity contribution in [2.75, 3.05) is 4.90 Å². The van der Waals surface area contributed by atoms with Crippen molar-refractivity contribution in [1.29, 1.82) is 0 Å². The highest BCUT2D eigenvalue weighted by Gasteiger charge is 2.45. The van der Waals surface area contributed by atoms with E-state index in [0.29, 0.717) is 4.90 Å². The van der Waals surface area contributed by atoms with Gasteiger partial charge in [-0.3, -0.25) is 15.0 Å². The molecular weight excluding hydrogens is 335 g/mol. The lowest BCUT2D eigenvalue weighted by Gasteiger charge is -2.23. The molecule has 0 spiro atoms. The number of nitrogens with one attached hydrogen (secondary N) is 1. The van der Waals surface area contributed by atoms with Crippen LogP contribution < -0.4 is 10.2 Å². The van der Waals surface area contributed by atoms with Crippen molar-refractivity contribution in [3.05, 3.63) is 65.0 Å². The second kappa shape index (κ2) is 5.59. The summed E-state index contributed by atoms with van der Waals surface area (Å²) >= 11 is 0. The van der Waals surface area contributed by atoms with Crippen molar-refractivity contribution in [1.82, 2.24) is 5.32 Å². The van der Waals surface area contributed by atoms with Gasteiger partial charge >= 0.3 is 6.03 Å². The molecule has 0 saturated carbocycles. The Labute approximate surface area is 131 Å². The summed E-state index contributed by atoms with van der Waals surface area (Å²) in [5.41, 5.74) is -1.34. The Kier molecular flexibility index (Phi) is 3.70. The van der Waals surface area contributed by atoms with Gasteiger partial charge in [-0.2, -0.15) is 0 Å². The van der Waals surface area contributed by atoms with Gasteiger partial charge in [0.1, 0.15) is 6.04 Å². The van der Waals surface area contributed by atoms with E-state index in [4.69, 9.17) is 0 Å². The Bertz CT molecular complexity index is 828. The first kappa shape index (κ1) is 15.9. The number of hydrogen-bond donors (Lipinski definition) is 1. The second-order valence-electron chi connectivity index (χ2n) is 4.89. The van der Waals surface area contributed by atoms with E-state index in [2.05, 4.69) is 0 Å². The minimum Gasteiger partial charge on any atom is -0.277 e. The molecule has 24 heavy (non-hydrogen) atoms. The first-order valence-corrected chi connectivity index (χ1v) is 6.55. The SMILES string of the molecule is O=C1NC(=O)N(c2ccccc2)C1c1c(F)c(F)c(F)c(F)c1F. The van der Waals surface area contributed by atoms with Crippen LogP contribution in [-0.4, -0.2) is 11.9 Å². The van der Waals surface area contributed by atoms with Crippen LogP contribution in [-0.2, 0) is 4.79 Å². The number of hydrogen-bond acceptors (Lipinski definition) is 2. The number of para-hydroxylation sites is 1. The van der Waals surface area contributed by atoms with Gasteiger partial charge in [-0.25, -0.2) is 26.7 Å². The van der Waals surface area contributed by atoms with Gasteiger partial charge in [0, 0.05) is 5.69 Å². The number of benzene rings is 2. The fraction of sp³-hybridized carbons (Fsp3) is 0.0667. The molecular formula is C15H7F5N2O2. The highest BCUT2D eigenvalue weighted by atomic mass is 19.2. The van der Waals surface area contributed by atoms with Crippen molar-refractivity contribution in [2.45, 2.75) is 6.04 Å². The molecule has 0 aliphatic carbocycles. The van der Waals surface area contributed by atoms with Gasteiger partial charge in [0.25, 0.3) is 5.91 Å². The standard InChI is InChI=1S/C15H7F5N2O2/c16-8-7(9(17)11(19)12(20)10(8)18)13-14(23)21-15(24)22(13)6-4-2-1-3-5-6/h1-5,13H,(H,21,23,24). The molecule has 0 bridgehead atoms. The van der Waals surface area contributed by atoms with Gasteiger partial charge in [0.05, 0.1) is 5.56 Å². The third-order valence-corrected chi connectivity index (χ3v) is 3.51. The first-order chi connectivity index (χ1) is 11.3. The Hall–Kier alpha value is -2.97. The molecule has 0 aromatic heterocycles. The Morgan fingerprint density at radius 3 is 1.83 bits per heavy atom. The number of nitrogens with zero attached hydrogens (tertiary/aromatic N) is 1. The average molecular weight is 342 g/mol. The minimum atomic E-state index is -2.34. The lowest BCUT2D eigenvalue weighted by atomic mass is 10.0. The third-order valence-electron chi connectivity index (χ3n) is 3.51. The van der Waals surface area contributed by atoms with Gasteiger partial charge < -0.3 is 0 Å². The van der Waals surface area contributed by atoms with Crippen LogP contribution in [0, 0.1) is 29.1 Å². The van der Waals surface area contributed by atoms with Crippen LogP contribution in [0.2, 0.25) is 0 Å². The summed E-state index contributed by atoms with van der Waals surface area (Å²) in [7, 11) is 0. The summed E-state index contributed by atoms with van der Waals surface area (Å²) in [4.78, 5) is 24.5. The average Bonchev–Trinajstić information content (AvgIpc) is 2.86. The van der Waals surface area contributed by atoms with Crippen molar-refractivity contribution in [3.8, 4) is 0 Å². The lowest BCUT2D eigenvalue weighted by Crippen LogP contribution is -2.31. The van der Waals surface area contributed by atoms with E-state index in [1.54, 1.807) is 11.4 Å². The third kappa shape index (κ3) is 2.20. The number of halogens is 5. The number of rotatable bonds is 2. The monoisotopic (exact) mass is 342 g/mol. The normalized spacial score (nSPS) is 17.4. The molecule has 4 nitrogen and oxygen atoms in total. The van der Waals surface area contributed by atoms with Gasteiger partial charge in [0.2, 0.25) is 5.82 Å². The Morgan fingerprint density at radius 1 is 0.792 bits per heavy atom. The predicted molar refractivity (Wildman–Crippen MR) is 71.4 cm³/mol. The number of amides is 3. The van der Waals surface area contributed by atoms with Crippen molar-refractivity contribution >= 4 is 17.6 Å². The number of urea groups is 1. The number of anilines is 1. The minimum absolute atomic E-state index is 0.0507. The van der Waals surface area contributed by atoms with E-state index in [-0.39, 0.29) is 5.69 Å². The molecule has 1 aliphatic heterocycles. The van der Waals surface area contributed by atoms with Crippen molar-refractivity contribution in [3.63, 3.8) is 0 Å². The largest absolute Gasteiger partial charge is 0.329 e. The van der Waals surface area contributed by atoms with E-state index < -0.39 is 52.6 Å². The summed E-state index contributed by atoms with van der Waals surface area (Å²) in [6, 6.07) is 4.15. The molecule has 1 saturated heterocycles. The van der Waals surface area contributed by atoms with Gasteiger partial charge in [-0.1, -0.05) is 18.2 Å². The van der Waals surface area contributed by atoms with Crippen LogP contribution in [0.15, 0.2) is 30.3 Å². The first-order valence-electron chi connectivity index (χ1n) is 6.55. The summed E-state index contributed by atoms with van der Waals surface area (Å²) in [5, 5.41) is 1.80. The molecule has 1 fully saturated rings. The lowest BCUT2D eigenvalue weighted by molar-refractivity contribution is -0.120. The van der Waals surface area contributed by atoms with Crippen LogP contribution in [0.5, 0.6) is 0 Å². The number of carbonyl (C=O) groups excluding carboxylic acids is 2. The molecule has 1 atom stereocenters. The molecule has 3 amide bonds. The van der Waals surface area contributed by atoms with Crippen LogP contribution in [0.1, 0.15) is 11.6 Å². The highest BCUT2D eigenvalue weighted by Crippen LogP contribution is 2.36. The molecule has 3 rings (SSSR count). The fourth-order valence-corrected chi connectivity index (χ4v) is 2.45. The molecule has 1 N–H and O–H groups in total. The van der Waals surface area contributed by atoms with E-state index in [0.717, 1.165) is 0 Å². The zero-order valence-electron chi connectivity index (χ0n) is 11.6. The zero-order valence-corrected chi connectivity index (χ0v) is 11.6. The molecule has 0 radical (unpaired) electrons. The highest BCUT2D eigenvalue weighted by molar-refractivity contribution is 6.14. The molecule has 2 aromatic carbocycles. The van der Waals surface area contributed by atoms with Crippen LogP contribution in [0.25, 0.3) is 0 Å². The molecule has 1 heterocycles. The topological polar surface area (TPSA) is 49.4 Å². The molecule has 1 aliphatic rings. The van der Waals surface area contributed by atoms with E-state index in [1.807, 2.05) is 0 Å². The fourth-order valence-electron chi connectivity index (χ4n) is 2.45. The van der Waals surface area contributed by atoms with Gasteiger partial charge in [0.15, 0.2) is 23.3 Å². The van der Waals surface area contributed by atoms with E-state index in [1.165, 1.54) is 24.3 Å². The van der Waals surface area contributed by atoms with Crippen LogP contribution in [0.3, 0.4) is 0 Å². The summed E-state index contributed by atoms with van der Waals surface area (Å²) in [6.07, 6.45) is 0. The molecule has 124 valence electrons. The van der Waals surface area contributed by atoms with Crippen molar-refractivity contribution < 1.29 is 31.5 Å². The summed E-state index contributed by atoms with van der Waals surface area (Å²) < 4.78 is 68.0. The maximum Gasteiger partial charge on any atom is 0.329 e. The summed E-state index contributed by atoms with van der Waals surface area (Å²) in [6.45, 7) is 0. The van der Waals surface area contributed by atoms with Gasteiger partial charge in [-0.15, -0.1) is 0 Å².